The Labute approximate surface area is 179 Å². The van der Waals surface area contributed by atoms with Crippen molar-refractivity contribution in [3.05, 3.63) is 0 Å². The number of hydrogen-bond acceptors (Lipinski definition) is 11. The lowest BCUT2D eigenvalue weighted by molar-refractivity contribution is -0.146. The number of hydrogen-bond donors (Lipinski definition) is 3. The number of rotatable bonds is 10. The monoisotopic (exact) mass is 471 g/mol. The van der Waals surface area contributed by atoms with E-state index < -0.39 is 44.5 Å². The summed E-state index contributed by atoms with van der Waals surface area (Å²) in [6.07, 6.45) is -1.96. The van der Waals surface area contributed by atoms with Gasteiger partial charge in [-0.1, -0.05) is 25.6 Å². The number of carbonyl (C=O) groups is 4. The van der Waals surface area contributed by atoms with Crippen LogP contribution in [0.1, 0.15) is 27.2 Å². The molecule has 1 aliphatic heterocycles. The topological polar surface area (TPSA) is 159 Å². The third kappa shape index (κ3) is 9.54. The molecule has 0 spiro atoms. The largest absolute Gasteiger partial charge is 0.576 e. The molecule has 0 bridgehead atoms. The Morgan fingerprint density at radius 1 is 1.23 bits per heavy atom. The molecule has 12 nitrogen and oxygen atoms in total. The highest BCUT2D eigenvalue weighted by Gasteiger charge is 2.59. The first-order valence-electron chi connectivity index (χ1n) is 8.97. The molecule has 0 radical (unpaired) electrons. The van der Waals surface area contributed by atoms with Crippen molar-refractivity contribution in [3.63, 3.8) is 0 Å². The van der Waals surface area contributed by atoms with E-state index in [0.29, 0.717) is 5.75 Å². The average Bonchev–Trinajstić information content (AvgIpc) is 2.67. The highest BCUT2D eigenvalue weighted by molar-refractivity contribution is 8.13. The van der Waals surface area contributed by atoms with Crippen LogP contribution in [0.15, 0.2) is 0 Å². The van der Waals surface area contributed by atoms with Crippen LogP contribution >= 0.6 is 19.9 Å². The van der Waals surface area contributed by atoms with E-state index in [1.807, 2.05) is 0 Å². The fraction of sp³-hybridized carbons (Fsp3) is 0.750. The van der Waals surface area contributed by atoms with E-state index in [0.717, 1.165) is 11.8 Å². The van der Waals surface area contributed by atoms with Crippen molar-refractivity contribution >= 4 is 43.0 Å². The van der Waals surface area contributed by atoms with Gasteiger partial charge in [0.05, 0.1) is 13.5 Å². The predicted octanol–water partition coefficient (Wildman–Crippen LogP) is 0.757. The van der Waals surface area contributed by atoms with Crippen molar-refractivity contribution in [2.75, 3.05) is 39.4 Å². The van der Waals surface area contributed by atoms with E-state index in [4.69, 9.17) is 18.3 Å². The zero-order valence-electron chi connectivity index (χ0n) is 17.3. The fourth-order valence-electron chi connectivity index (χ4n) is 2.13. The zero-order valence-corrected chi connectivity index (χ0v) is 19.0. The van der Waals surface area contributed by atoms with Gasteiger partial charge in [-0.3, -0.25) is 14.4 Å². The van der Waals surface area contributed by atoms with Gasteiger partial charge in [-0.2, -0.15) is 9.42 Å². The second-order valence-electron chi connectivity index (χ2n) is 6.78. The third-order valence-electron chi connectivity index (χ3n) is 3.72. The third-order valence-corrected chi connectivity index (χ3v) is 5.90. The van der Waals surface area contributed by atoms with Crippen LogP contribution in [0.4, 0.5) is 4.79 Å². The van der Waals surface area contributed by atoms with Gasteiger partial charge >= 0.3 is 20.2 Å². The second kappa shape index (κ2) is 12.4. The normalized spacial score (nSPS) is 22.6. The molecule has 1 aliphatic rings. The van der Waals surface area contributed by atoms with Crippen LogP contribution in [0.2, 0.25) is 0 Å². The summed E-state index contributed by atoms with van der Waals surface area (Å²) in [5, 5.41) is 4.86. The van der Waals surface area contributed by atoms with E-state index in [2.05, 4.69) is 15.4 Å². The summed E-state index contributed by atoms with van der Waals surface area (Å²) >= 11 is 1.05. The average molecular weight is 471 g/mol. The van der Waals surface area contributed by atoms with Crippen LogP contribution in [0, 0.1) is 5.41 Å². The number of nitrogens with one attached hydrogen (secondary N) is 2. The van der Waals surface area contributed by atoms with Crippen LogP contribution in [-0.4, -0.2) is 73.4 Å². The summed E-state index contributed by atoms with van der Waals surface area (Å²) in [5.41, 5.74) is -0.794. The van der Waals surface area contributed by atoms with Gasteiger partial charge in [0.25, 0.3) is 5.91 Å². The molecule has 0 aromatic carbocycles. The summed E-state index contributed by atoms with van der Waals surface area (Å²) in [6.45, 7) is 4.32. The standard InChI is InChI=1S/C16H27N2O10PS/c1-11(19)30-8-7-18-15(22)25-10-27-29(23)26-9-16(2,3)13(28-29)14(21)17-6-5-12(20)24-4/h13,23H,5-10H2,1-4H3,(H-,17,18,21,22)/p+1/t13-,29?/m0/s1. The second-order valence-corrected chi connectivity index (χ2v) is 9.71. The van der Waals surface area contributed by atoms with E-state index in [1.165, 1.54) is 14.0 Å². The first-order valence-corrected chi connectivity index (χ1v) is 11.4. The Morgan fingerprint density at radius 3 is 2.57 bits per heavy atom. The van der Waals surface area contributed by atoms with Gasteiger partial charge in [-0.15, -0.1) is 9.05 Å². The number of carbonyl (C=O) groups excluding carboxylic acids is 4. The van der Waals surface area contributed by atoms with Crippen molar-refractivity contribution in [2.45, 2.75) is 33.3 Å². The molecular formula is C16H28N2O10PS+. The molecule has 2 amide bonds. The van der Waals surface area contributed by atoms with E-state index in [1.54, 1.807) is 13.8 Å². The van der Waals surface area contributed by atoms with E-state index in [-0.39, 0.29) is 31.2 Å². The molecule has 1 saturated heterocycles. The van der Waals surface area contributed by atoms with Crippen molar-refractivity contribution < 1.29 is 47.1 Å². The van der Waals surface area contributed by atoms with Gasteiger partial charge in [-0.05, 0) is 0 Å². The summed E-state index contributed by atoms with van der Waals surface area (Å²) < 4.78 is 24.9. The van der Waals surface area contributed by atoms with Crippen molar-refractivity contribution in [1.29, 1.82) is 0 Å². The lowest BCUT2D eigenvalue weighted by Crippen LogP contribution is -2.50. The zero-order chi connectivity index (χ0) is 22.8. The Balaban J connectivity index is 2.47. The molecule has 0 aromatic rings. The van der Waals surface area contributed by atoms with Gasteiger partial charge in [-0.25, -0.2) is 4.79 Å². The first-order chi connectivity index (χ1) is 14.0. The van der Waals surface area contributed by atoms with Crippen LogP contribution in [0.3, 0.4) is 0 Å². The van der Waals surface area contributed by atoms with Crippen LogP contribution < -0.4 is 10.6 Å². The summed E-state index contributed by atoms with van der Waals surface area (Å²) in [5.74, 6) is -0.656. The minimum absolute atomic E-state index is 0.0182. The first kappa shape index (κ1) is 26.5. The minimum atomic E-state index is -3.92. The van der Waals surface area contributed by atoms with Crippen LogP contribution in [-0.2, 0) is 37.4 Å². The quantitative estimate of drug-likeness (QED) is 0.179. The Bertz CT molecular complexity index is 635. The number of ether oxygens (including phenoxy) is 2. The van der Waals surface area contributed by atoms with Gasteiger partial charge in [0.2, 0.25) is 6.79 Å². The Hall–Kier alpha value is -1.50. The molecule has 3 N–H and O–H groups in total. The molecule has 2 atom stereocenters. The molecule has 1 heterocycles. The minimum Gasteiger partial charge on any atom is -0.469 e. The molecule has 1 rings (SSSR count). The SMILES string of the molecule is COC(=O)CCNC(=O)[C@@H]1O[P+](O)(OCOC(=O)NCCSC(C)=O)OCC1(C)C. The maximum absolute atomic E-state index is 12.4. The van der Waals surface area contributed by atoms with Gasteiger partial charge < -0.3 is 20.1 Å². The summed E-state index contributed by atoms with van der Waals surface area (Å²) in [6, 6.07) is 0. The number of alkyl carbamates (subject to hydrolysis) is 1. The highest BCUT2D eigenvalue weighted by atomic mass is 32.2. The van der Waals surface area contributed by atoms with E-state index in [9.17, 15) is 24.1 Å². The van der Waals surface area contributed by atoms with Crippen LogP contribution in [0.5, 0.6) is 0 Å². The molecule has 0 aliphatic carbocycles. The molecule has 14 heteroatoms. The smallest absolute Gasteiger partial charge is 0.469 e. The molecule has 0 saturated carbocycles. The Morgan fingerprint density at radius 2 is 1.93 bits per heavy atom. The summed E-state index contributed by atoms with van der Waals surface area (Å²) in [4.78, 5) is 56.3. The molecule has 0 aromatic heterocycles. The van der Waals surface area contributed by atoms with Crippen molar-refractivity contribution in [2.24, 2.45) is 5.41 Å². The van der Waals surface area contributed by atoms with Gasteiger partial charge in [0, 0.05) is 31.2 Å². The van der Waals surface area contributed by atoms with Crippen molar-refractivity contribution in [1.82, 2.24) is 10.6 Å². The van der Waals surface area contributed by atoms with Gasteiger partial charge in [0.15, 0.2) is 11.2 Å². The van der Waals surface area contributed by atoms with Crippen molar-refractivity contribution in [3.8, 4) is 0 Å². The number of amides is 2. The molecule has 1 fully saturated rings. The van der Waals surface area contributed by atoms with Gasteiger partial charge in [0.1, 0.15) is 6.61 Å². The molecule has 172 valence electrons. The summed E-state index contributed by atoms with van der Waals surface area (Å²) in [7, 11) is -2.68. The predicted molar refractivity (Wildman–Crippen MR) is 107 cm³/mol. The molecule has 1 unspecified atom stereocenters. The van der Waals surface area contributed by atoms with E-state index >= 15 is 0 Å². The lowest BCUT2D eigenvalue weighted by Gasteiger charge is -2.36. The number of methoxy groups -OCH3 is 1. The number of esters is 1. The number of thioether (sulfide) groups is 1. The maximum atomic E-state index is 12.4. The lowest BCUT2D eigenvalue weighted by atomic mass is 9.87. The highest BCUT2D eigenvalue weighted by Crippen LogP contribution is 2.63. The van der Waals surface area contributed by atoms with Crippen LogP contribution in [0.25, 0.3) is 0 Å². The fourth-order valence-corrected chi connectivity index (χ4v) is 4.15. The molecule has 30 heavy (non-hydrogen) atoms. The molecular weight excluding hydrogens is 443 g/mol. The maximum Gasteiger partial charge on any atom is 0.576 e. The Kier molecular flexibility index (Phi) is 10.9.